The van der Waals surface area contributed by atoms with Gasteiger partial charge in [0.1, 0.15) is 0 Å². The van der Waals surface area contributed by atoms with E-state index in [-0.39, 0.29) is 23.8 Å². The second-order valence-corrected chi connectivity index (χ2v) is 7.85. The maximum absolute atomic E-state index is 13.1. The van der Waals surface area contributed by atoms with Gasteiger partial charge in [-0.1, -0.05) is 49.6 Å². The molecule has 142 valence electrons. The summed E-state index contributed by atoms with van der Waals surface area (Å²) in [6.07, 6.45) is 8.67. The van der Waals surface area contributed by atoms with Gasteiger partial charge < -0.3 is 9.80 Å². The fraction of sp³-hybridized carbons (Fsp3) is 0.636. The molecule has 4 nitrogen and oxygen atoms in total. The number of hydrogen-bond donors (Lipinski definition) is 0. The van der Waals surface area contributed by atoms with Gasteiger partial charge in [-0.25, -0.2) is 0 Å². The molecule has 2 unspecified atom stereocenters. The third kappa shape index (κ3) is 4.66. The topological polar surface area (TPSA) is 40.6 Å². The minimum Gasteiger partial charge on any atom is -0.345 e. The molecule has 1 heterocycles. The van der Waals surface area contributed by atoms with Gasteiger partial charge >= 0.3 is 0 Å². The number of hydrogen-bond acceptors (Lipinski definition) is 2. The Morgan fingerprint density at radius 2 is 1.73 bits per heavy atom. The van der Waals surface area contributed by atoms with Crippen molar-refractivity contribution in [3.8, 4) is 0 Å². The number of benzene rings is 1. The molecule has 2 atom stereocenters. The van der Waals surface area contributed by atoms with Crippen molar-refractivity contribution >= 4 is 11.8 Å². The smallest absolute Gasteiger partial charge is 0.227 e. The van der Waals surface area contributed by atoms with Crippen LogP contribution in [0.3, 0.4) is 0 Å². The Kier molecular flexibility index (Phi) is 6.70. The molecule has 1 aliphatic carbocycles. The van der Waals surface area contributed by atoms with Gasteiger partial charge in [0, 0.05) is 32.6 Å². The molecule has 1 saturated heterocycles. The van der Waals surface area contributed by atoms with Gasteiger partial charge in [0.25, 0.3) is 0 Å². The molecular formula is C22H32N2O2. The number of rotatable bonds is 3. The zero-order valence-corrected chi connectivity index (χ0v) is 16.0. The van der Waals surface area contributed by atoms with Gasteiger partial charge in [0.05, 0.1) is 5.92 Å². The first kappa shape index (κ1) is 18.9. The molecule has 0 spiro atoms. The van der Waals surface area contributed by atoms with E-state index in [2.05, 4.69) is 17.0 Å². The molecule has 26 heavy (non-hydrogen) atoms. The molecule has 1 aliphatic heterocycles. The predicted octanol–water partition coefficient (Wildman–Crippen LogP) is 3.65. The number of amides is 2. The highest BCUT2D eigenvalue weighted by Gasteiger charge is 2.39. The minimum atomic E-state index is -0.00113. The molecule has 0 bridgehead atoms. The molecule has 2 fully saturated rings. The summed E-state index contributed by atoms with van der Waals surface area (Å²) in [6.45, 7) is 1.66. The van der Waals surface area contributed by atoms with Crippen molar-refractivity contribution in [3.63, 3.8) is 0 Å². The number of carbonyl (C=O) groups is 2. The third-order valence-corrected chi connectivity index (χ3v) is 6.01. The van der Waals surface area contributed by atoms with Crippen LogP contribution in [0.25, 0.3) is 0 Å². The Balaban J connectivity index is 1.71. The third-order valence-electron chi connectivity index (χ3n) is 6.01. The highest BCUT2D eigenvalue weighted by Crippen LogP contribution is 2.32. The van der Waals surface area contributed by atoms with Crippen molar-refractivity contribution in [1.82, 2.24) is 9.80 Å². The van der Waals surface area contributed by atoms with Gasteiger partial charge in [-0.15, -0.1) is 0 Å². The highest BCUT2D eigenvalue weighted by molar-refractivity contribution is 5.82. The SMILES string of the molecule is CN1CCCCCCN(C(=O)CCc2ccccc2)C2CCCC2C1=O. The van der Waals surface area contributed by atoms with Gasteiger partial charge in [-0.3, -0.25) is 9.59 Å². The van der Waals surface area contributed by atoms with E-state index in [1.165, 1.54) is 5.56 Å². The summed E-state index contributed by atoms with van der Waals surface area (Å²) in [4.78, 5) is 29.9. The molecule has 0 N–H and O–H groups in total. The maximum Gasteiger partial charge on any atom is 0.227 e. The summed E-state index contributed by atoms with van der Waals surface area (Å²) in [5.41, 5.74) is 1.21. The van der Waals surface area contributed by atoms with Crippen LogP contribution in [0.5, 0.6) is 0 Å². The van der Waals surface area contributed by atoms with Crippen LogP contribution in [-0.4, -0.2) is 47.8 Å². The van der Waals surface area contributed by atoms with Crippen molar-refractivity contribution in [2.24, 2.45) is 5.92 Å². The summed E-state index contributed by atoms with van der Waals surface area (Å²) in [5, 5.41) is 0. The quantitative estimate of drug-likeness (QED) is 0.829. The Labute approximate surface area is 157 Å². The van der Waals surface area contributed by atoms with Crippen LogP contribution < -0.4 is 0 Å². The minimum absolute atomic E-state index is 0.00113. The first-order chi connectivity index (χ1) is 12.7. The normalized spacial score (nSPS) is 24.9. The van der Waals surface area contributed by atoms with Gasteiger partial charge in [0.2, 0.25) is 11.8 Å². The van der Waals surface area contributed by atoms with E-state index in [4.69, 9.17) is 0 Å². The molecule has 3 rings (SSSR count). The summed E-state index contributed by atoms with van der Waals surface area (Å²) in [5.74, 6) is 0.467. The molecule has 2 amide bonds. The van der Waals surface area contributed by atoms with Crippen LogP contribution in [0.4, 0.5) is 0 Å². The van der Waals surface area contributed by atoms with Crippen LogP contribution in [0.15, 0.2) is 30.3 Å². The Morgan fingerprint density at radius 3 is 2.50 bits per heavy atom. The summed E-state index contributed by atoms with van der Waals surface area (Å²) in [7, 11) is 1.93. The molecule has 1 saturated carbocycles. The van der Waals surface area contributed by atoms with Crippen LogP contribution in [0.2, 0.25) is 0 Å². The second-order valence-electron chi connectivity index (χ2n) is 7.85. The summed E-state index contributed by atoms with van der Waals surface area (Å²) in [6, 6.07) is 10.3. The fourth-order valence-corrected chi connectivity index (χ4v) is 4.49. The van der Waals surface area contributed by atoms with E-state index >= 15 is 0 Å². The number of aryl methyl sites for hydroxylation is 1. The average Bonchev–Trinajstić information content (AvgIpc) is 3.13. The zero-order valence-electron chi connectivity index (χ0n) is 16.0. The van der Waals surface area contributed by atoms with E-state index in [0.717, 1.165) is 64.5 Å². The van der Waals surface area contributed by atoms with Crippen molar-refractivity contribution in [3.05, 3.63) is 35.9 Å². The van der Waals surface area contributed by atoms with E-state index in [1.54, 1.807) is 0 Å². The van der Waals surface area contributed by atoms with E-state index in [1.807, 2.05) is 30.1 Å². The second kappa shape index (κ2) is 9.20. The lowest BCUT2D eigenvalue weighted by molar-refractivity contribution is -0.140. The molecule has 1 aromatic rings. The molecule has 0 aromatic heterocycles. The monoisotopic (exact) mass is 356 g/mol. The van der Waals surface area contributed by atoms with Crippen LogP contribution in [-0.2, 0) is 16.0 Å². The predicted molar refractivity (Wildman–Crippen MR) is 104 cm³/mol. The first-order valence-corrected chi connectivity index (χ1v) is 10.2. The number of fused-ring (bicyclic) bond motifs is 1. The van der Waals surface area contributed by atoms with Gasteiger partial charge in [0.15, 0.2) is 0 Å². The molecule has 0 radical (unpaired) electrons. The van der Waals surface area contributed by atoms with Gasteiger partial charge in [-0.05, 0) is 37.7 Å². The van der Waals surface area contributed by atoms with Crippen molar-refractivity contribution in [1.29, 1.82) is 0 Å². The Bertz CT molecular complexity index is 601. The van der Waals surface area contributed by atoms with E-state index < -0.39 is 0 Å². The largest absolute Gasteiger partial charge is 0.345 e. The lowest BCUT2D eigenvalue weighted by atomic mass is 9.99. The maximum atomic E-state index is 13.1. The lowest BCUT2D eigenvalue weighted by Gasteiger charge is -2.34. The van der Waals surface area contributed by atoms with Gasteiger partial charge in [-0.2, -0.15) is 0 Å². The van der Waals surface area contributed by atoms with E-state index in [0.29, 0.717) is 6.42 Å². The summed E-state index contributed by atoms with van der Waals surface area (Å²) < 4.78 is 0. The lowest BCUT2D eigenvalue weighted by Crippen LogP contribution is -2.47. The molecular weight excluding hydrogens is 324 g/mol. The number of carbonyl (C=O) groups excluding carboxylic acids is 2. The van der Waals surface area contributed by atoms with Crippen molar-refractivity contribution in [2.45, 2.75) is 63.8 Å². The average molecular weight is 357 g/mol. The molecule has 2 aliphatic rings. The van der Waals surface area contributed by atoms with Crippen LogP contribution >= 0.6 is 0 Å². The Hall–Kier alpha value is -1.84. The standard InChI is InChI=1S/C22H32N2O2/c1-23-16-7-2-3-8-17-24(20-13-9-12-19(20)22(23)26)21(25)15-14-18-10-5-4-6-11-18/h4-6,10-11,19-20H,2-3,7-9,12-17H2,1H3. The molecule has 1 aromatic carbocycles. The fourth-order valence-electron chi connectivity index (χ4n) is 4.49. The molecule has 4 heteroatoms. The zero-order chi connectivity index (χ0) is 18.4. The Morgan fingerprint density at radius 1 is 1.00 bits per heavy atom. The van der Waals surface area contributed by atoms with Crippen molar-refractivity contribution in [2.75, 3.05) is 20.1 Å². The number of nitrogens with zero attached hydrogens (tertiary/aromatic N) is 2. The van der Waals surface area contributed by atoms with Crippen LogP contribution in [0.1, 0.15) is 56.9 Å². The highest BCUT2D eigenvalue weighted by atomic mass is 16.2. The summed E-state index contributed by atoms with van der Waals surface area (Å²) >= 11 is 0. The first-order valence-electron chi connectivity index (χ1n) is 10.2. The van der Waals surface area contributed by atoms with Crippen LogP contribution in [0, 0.1) is 5.92 Å². The van der Waals surface area contributed by atoms with Crippen molar-refractivity contribution < 1.29 is 9.59 Å². The van der Waals surface area contributed by atoms with E-state index in [9.17, 15) is 9.59 Å².